The van der Waals surface area contributed by atoms with Crippen LogP contribution in [0.3, 0.4) is 0 Å². The molecule has 2 aromatic carbocycles. The fourth-order valence-corrected chi connectivity index (χ4v) is 1.94. The lowest BCUT2D eigenvalue weighted by Crippen LogP contribution is -2.31. The summed E-state index contributed by atoms with van der Waals surface area (Å²) in [5.74, 6) is -0.000395. The number of carbonyl (C=O) groups excluding carboxylic acids is 1. The molecule has 114 valence electrons. The van der Waals surface area contributed by atoms with Crippen molar-refractivity contribution in [2.24, 2.45) is 0 Å². The van der Waals surface area contributed by atoms with Crippen LogP contribution in [0.25, 0.3) is 0 Å². The highest BCUT2D eigenvalue weighted by Gasteiger charge is 2.11. The van der Waals surface area contributed by atoms with E-state index in [0.717, 1.165) is 5.56 Å². The van der Waals surface area contributed by atoms with Crippen LogP contribution < -0.4 is 10.1 Å². The Morgan fingerprint density at radius 1 is 1.23 bits per heavy atom. The Bertz CT molecular complexity index is 658. The summed E-state index contributed by atoms with van der Waals surface area (Å²) in [5, 5.41) is 13.5. The summed E-state index contributed by atoms with van der Waals surface area (Å²) in [5.41, 5.74) is 0.918. The van der Waals surface area contributed by atoms with Crippen LogP contribution in [0.4, 0.5) is 5.69 Å². The number of benzene rings is 2. The fraction of sp³-hybridized carbons (Fsp3) is 0.188. The summed E-state index contributed by atoms with van der Waals surface area (Å²) < 4.78 is 5.28. The number of rotatable bonds is 6. The maximum absolute atomic E-state index is 11.8. The first-order chi connectivity index (χ1) is 10.6. The van der Waals surface area contributed by atoms with Crippen molar-refractivity contribution in [1.29, 1.82) is 0 Å². The van der Waals surface area contributed by atoms with Gasteiger partial charge in [0.05, 0.1) is 17.0 Å². The molecular formula is C16H16N2O4. The van der Waals surface area contributed by atoms with Crippen LogP contribution in [0, 0.1) is 10.1 Å². The van der Waals surface area contributed by atoms with Crippen molar-refractivity contribution < 1.29 is 14.5 Å². The summed E-state index contributed by atoms with van der Waals surface area (Å²) in [6.45, 7) is 1.68. The van der Waals surface area contributed by atoms with Crippen molar-refractivity contribution in [1.82, 2.24) is 5.32 Å². The third-order valence-corrected chi connectivity index (χ3v) is 3.08. The lowest BCUT2D eigenvalue weighted by atomic mass is 10.1. The molecule has 0 heterocycles. The smallest absolute Gasteiger partial charge is 0.273 e. The Morgan fingerprint density at radius 2 is 1.95 bits per heavy atom. The molecule has 0 fully saturated rings. The lowest BCUT2D eigenvalue weighted by Gasteiger charge is -2.14. The molecule has 0 aliphatic carbocycles. The first-order valence-electron chi connectivity index (χ1n) is 6.78. The van der Waals surface area contributed by atoms with Crippen molar-refractivity contribution in [2.75, 3.05) is 6.61 Å². The van der Waals surface area contributed by atoms with Crippen LogP contribution in [0.15, 0.2) is 54.6 Å². The average molecular weight is 300 g/mol. The molecular weight excluding hydrogens is 284 g/mol. The largest absolute Gasteiger partial charge is 0.484 e. The van der Waals surface area contributed by atoms with Gasteiger partial charge in [-0.2, -0.15) is 0 Å². The van der Waals surface area contributed by atoms with E-state index in [-0.39, 0.29) is 30.0 Å². The second-order valence-corrected chi connectivity index (χ2v) is 4.74. The van der Waals surface area contributed by atoms with E-state index < -0.39 is 4.92 Å². The minimum absolute atomic E-state index is 0.0736. The third kappa shape index (κ3) is 4.31. The SMILES string of the molecule is C[C@@H](NC(=O)COc1cccc([N+](=O)[O-])c1)c1ccccc1. The van der Waals surface area contributed by atoms with Crippen LogP contribution in [0.1, 0.15) is 18.5 Å². The summed E-state index contributed by atoms with van der Waals surface area (Å²) in [6.07, 6.45) is 0. The highest BCUT2D eigenvalue weighted by molar-refractivity contribution is 5.78. The topological polar surface area (TPSA) is 81.5 Å². The summed E-state index contributed by atoms with van der Waals surface area (Å²) in [4.78, 5) is 22.0. The predicted molar refractivity (Wildman–Crippen MR) is 81.6 cm³/mol. The Hall–Kier alpha value is -2.89. The number of hydrogen-bond acceptors (Lipinski definition) is 4. The summed E-state index contributed by atoms with van der Waals surface area (Å²) in [6, 6.07) is 15.1. The number of nitro benzene ring substituents is 1. The van der Waals surface area contributed by atoms with Crippen LogP contribution in [0.2, 0.25) is 0 Å². The van der Waals surface area contributed by atoms with Crippen molar-refractivity contribution in [3.05, 3.63) is 70.3 Å². The molecule has 0 saturated heterocycles. The Kier molecular flexibility index (Phi) is 5.08. The minimum Gasteiger partial charge on any atom is -0.484 e. The Morgan fingerprint density at radius 3 is 2.64 bits per heavy atom. The number of carbonyl (C=O) groups is 1. The molecule has 0 aromatic heterocycles. The van der Waals surface area contributed by atoms with Crippen LogP contribution >= 0.6 is 0 Å². The van der Waals surface area contributed by atoms with Crippen molar-refractivity contribution >= 4 is 11.6 Å². The molecule has 1 amide bonds. The summed E-state index contributed by atoms with van der Waals surface area (Å²) in [7, 11) is 0. The second kappa shape index (κ2) is 7.21. The molecule has 0 saturated carbocycles. The molecule has 0 radical (unpaired) electrons. The molecule has 0 unspecified atom stereocenters. The molecule has 2 aromatic rings. The Balaban J connectivity index is 1.88. The normalized spacial score (nSPS) is 11.5. The second-order valence-electron chi connectivity index (χ2n) is 4.74. The van der Waals surface area contributed by atoms with Crippen molar-refractivity contribution in [3.63, 3.8) is 0 Å². The van der Waals surface area contributed by atoms with E-state index in [2.05, 4.69) is 5.32 Å². The van der Waals surface area contributed by atoms with Gasteiger partial charge in [-0.1, -0.05) is 36.4 Å². The highest BCUT2D eigenvalue weighted by Crippen LogP contribution is 2.19. The number of nitrogens with one attached hydrogen (secondary N) is 1. The summed E-state index contributed by atoms with van der Waals surface area (Å²) >= 11 is 0. The molecule has 0 aliphatic rings. The van der Waals surface area contributed by atoms with Gasteiger partial charge in [0.2, 0.25) is 0 Å². The standard InChI is InChI=1S/C16H16N2O4/c1-12(13-6-3-2-4-7-13)17-16(19)11-22-15-9-5-8-14(10-15)18(20)21/h2-10,12H,11H2,1H3,(H,17,19)/t12-/m1/s1. The van der Waals surface area contributed by atoms with E-state index in [1.165, 1.54) is 18.2 Å². The van der Waals surface area contributed by atoms with Crippen molar-refractivity contribution in [2.45, 2.75) is 13.0 Å². The molecule has 0 aliphatic heterocycles. The van der Waals surface area contributed by atoms with E-state index in [1.54, 1.807) is 6.07 Å². The minimum atomic E-state index is -0.510. The zero-order valence-electron chi connectivity index (χ0n) is 12.1. The number of amides is 1. The van der Waals surface area contributed by atoms with E-state index >= 15 is 0 Å². The quantitative estimate of drug-likeness (QED) is 0.657. The number of hydrogen-bond donors (Lipinski definition) is 1. The molecule has 0 bridgehead atoms. The molecule has 6 heteroatoms. The Labute approximate surface area is 127 Å². The fourth-order valence-electron chi connectivity index (χ4n) is 1.94. The van der Waals surface area contributed by atoms with E-state index in [1.807, 2.05) is 37.3 Å². The van der Waals surface area contributed by atoms with Gasteiger partial charge in [0.25, 0.3) is 11.6 Å². The van der Waals surface area contributed by atoms with Gasteiger partial charge in [0.1, 0.15) is 5.75 Å². The van der Waals surface area contributed by atoms with Gasteiger partial charge in [-0.3, -0.25) is 14.9 Å². The van der Waals surface area contributed by atoms with Crippen LogP contribution in [0.5, 0.6) is 5.75 Å². The zero-order valence-corrected chi connectivity index (χ0v) is 12.1. The van der Waals surface area contributed by atoms with Gasteiger partial charge in [-0.25, -0.2) is 0 Å². The van der Waals surface area contributed by atoms with Gasteiger partial charge < -0.3 is 10.1 Å². The molecule has 2 rings (SSSR count). The maximum Gasteiger partial charge on any atom is 0.273 e. The number of ether oxygens (including phenoxy) is 1. The predicted octanol–water partition coefficient (Wildman–Crippen LogP) is 2.85. The third-order valence-electron chi connectivity index (χ3n) is 3.08. The molecule has 22 heavy (non-hydrogen) atoms. The average Bonchev–Trinajstić information content (AvgIpc) is 2.54. The van der Waals surface area contributed by atoms with E-state index in [4.69, 9.17) is 4.74 Å². The van der Waals surface area contributed by atoms with Gasteiger partial charge in [-0.05, 0) is 18.6 Å². The monoisotopic (exact) mass is 300 g/mol. The maximum atomic E-state index is 11.8. The number of nitrogens with zero attached hydrogens (tertiary/aromatic N) is 1. The number of non-ortho nitro benzene ring substituents is 1. The van der Waals surface area contributed by atoms with Gasteiger partial charge >= 0.3 is 0 Å². The molecule has 1 atom stereocenters. The molecule has 1 N–H and O–H groups in total. The van der Waals surface area contributed by atoms with E-state index in [0.29, 0.717) is 0 Å². The van der Waals surface area contributed by atoms with Gasteiger partial charge in [0, 0.05) is 6.07 Å². The van der Waals surface area contributed by atoms with Crippen LogP contribution in [-0.2, 0) is 4.79 Å². The van der Waals surface area contributed by atoms with Gasteiger partial charge in [0.15, 0.2) is 6.61 Å². The zero-order chi connectivity index (χ0) is 15.9. The first kappa shape index (κ1) is 15.5. The number of nitro groups is 1. The van der Waals surface area contributed by atoms with Crippen molar-refractivity contribution in [3.8, 4) is 5.75 Å². The van der Waals surface area contributed by atoms with Gasteiger partial charge in [-0.15, -0.1) is 0 Å². The lowest BCUT2D eigenvalue weighted by molar-refractivity contribution is -0.384. The molecule has 6 nitrogen and oxygen atoms in total. The highest BCUT2D eigenvalue weighted by atomic mass is 16.6. The molecule has 0 spiro atoms. The van der Waals surface area contributed by atoms with E-state index in [9.17, 15) is 14.9 Å². The van der Waals surface area contributed by atoms with Crippen LogP contribution in [-0.4, -0.2) is 17.4 Å². The first-order valence-corrected chi connectivity index (χ1v) is 6.78.